The minimum Gasteiger partial charge on any atom is -0.393 e. The third kappa shape index (κ3) is 5.52. The molecule has 0 aromatic heterocycles. The van der Waals surface area contributed by atoms with Gasteiger partial charge in [-0.2, -0.15) is 0 Å². The molecule has 2 heteroatoms. The fourth-order valence-electron chi connectivity index (χ4n) is 0.870. The first-order valence-corrected chi connectivity index (χ1v) is 4.65. The Morgan fingerprint density at radius 3 is 2.69 bits per heavy atom. The van der Waals surface area contributed by atoms with Crippen molar-refractivity contribution in [3.05, 3.63) is 22.8 Å². The van der Waals surface area contributed by atoms with Gasteiger partial charge >= 0.3 is 0 Å². The fraction of sp³-hybridized carbons (Fsp3) is 0.455. The average molecular weight is 199 g/mol. The number of aliphatic hydroxyl groups excluding tert-OH is 1. The first-order chi connectivity index (χ1) is 6.11. The summed E-state index contributed by atoms with van der Waals surface area (Å²) in [6, 6.07) is 0. The van der Waals surface area contributed by atoms with Gasteiger partial charge < -0.3 is 5.11 Å². The Balaban J connectivity index is 4.40. The first-order valence-electron chi connectivity index (χ1n) is 4.27. The number of halogens is 1. The predicted octanol–water partition coefficient (Wildman–Crippen LogP) is 2.85. The van der Waals surface area contributed by atoms with E-state index in [9.17, 15) is 5.11 Å². The monoisotopic (exact) mass is 198 g/mol. The molecule has 0 aliphatic carbocycles. The summed E-state index contributed by atoms with van der Waals surface area (Å²) in [6.45, 7) is 3.72. The highest BCUT2D eigenvalue weighted by molar-refractivity contribution is 6.29. The lowest BCUT2D eigenvalue weighted by Gasteiger charge is -2.08. The lowest BCUT2D eigenvalue weighted by molar-refractivity contribution is 0.171. The van der Waals surface area contributed by atoms with E-state index >= 15 is 0 Å². The molecule has 13 heavy (non-hydrogen) atoms. The Morgan fingerprint density at radius 2 is 2.31 bits per heavy atom. The van der Waals surface area contributed by atoms with E-state index in [-0.39, 0.29) is 6.10 Å². The van der Waals surface area contributed by atoms with Crippen LogP contribution >= 0.6 is 11.6 Å². The van der Waals surface area contributed by atoms with E-state index in [1.54, 1.807) is 19.1 Å². The van der Waals surface area contributed by atoms with Crippen molar-refractivity contribution in [3.8, 4) is 12.3 Å². The zero-order chi connectivity index (χ0) is 10.3. The molecule has 0 aromatic rings. The van der Waals surface area contributed by atoms with Gasteiger partial charge in [-0.05, 0) is 37.5 Å². The number of hydrogen-bond acceptors (Lipinski definition) is 1. The molecule has 1 N–H and O–H groups in total. The minimum atomic E-state index is -0.342. The second kappa shape index (κ2) is 6.77. The Bertz CT molecular complexity index is 241. The summed E-state index contributed by atoms with van der Waals surface area (Å²) < 4.78 is 0. The highest BCUT2D eigenvalue weighted by Crippen LogP contribution is 2.17. The Hall–Kier alpha value is -0.710. The summed E-state index contributed by atoms with van der Waals surface area (Å²) >= 11 is 5.83. The normalized spacial score (nSPS) is 15.3. The van der Waals surface area contributed by atoms with Gasteiger partial charge in [0, 0.05) is 5.03 Å². The fourth-order valence-corrected chi connectivity index (χ4v) is 1.01. The van der Waals surface area contributed by atoms with E-state index in [0.717, 1.165) is 12.0 Å². The van der Waals surface area contributed by atoms with Crippen molar-refractivity contribution >= 4 is 11.6 Å². The molecule has 0 bridgehead atoms. The maximum Gasteiger partial charge on any atom is 0.0578 e. The van der Waals surface area contributed by atoms with Crippen LogP contribution in [0.2, 0.25) is 0 Å². The van der Waals surface area contributed by atoms with E-state index in [1.165, 1.54) is 0 Å². The standard InChI is InChI=1S/C11H15ClO/c1-4-6-7-10(9(3)12)8-11(13)5-2/h1,6-7,11,13H,5,8H2,2-3H3. The molecular formula is C11H15ClO. The summed E-state index contributed by atoms with van der Waals surface area (Å²) in [4.78, 5) is 0. The molecule has 0 rings (SSSR count). The van der Waals surface area contributed by atoms with Gasteiger partial charge in [-0.3, -0.25) is 0 Å². The van der Waals surface area contributed by atoms with Gasteiger partial charge in [0.1, 0.15) is 0 Å². The molecule has 1 atom stereocenters. The molecule has 1 nitrogen and oxygen atoms in total. The molecule has 0 aliphatic heterocycles. The van der Waals surface area contributed by atoms with Crippen LogP contribution in [0, 0.1) is 12.3 Å². The van der Waals surface area contributed by atoms with Crippen molar-refractivity contribution in [2.24, 2.45) is 0 Å². The van der Waals surface area contributed by atoms with Gasteiger partial charge in [0.25, 0.3) is 0 Å². The Kier molecular flexibility index (Phi) is 6.40. The number of hydrogen-bond donors (Lipinski definition) is 1. The van der Waals surface area contributed by atoms with Crippen LogP contribution in [-0.4, -0.2) is 11.2 Å². The Morgan fingerprint density at radius 1 is 1.69 bits per heavy atom. The zero-order valence-electron chi connectivity index (χ0n) is 8.05. The van der Waals surface area contributed by atoms with E-state index in [4.69, 9.17) is 18.0 Å². The summed E-state index contributed by atoms with van der Waals surface area (Å²) in [7, 11) is 0. The number of rotatable bonds is 4. The van der Waals surface area contributed by atoms with Crippen LogP contribution in [0.5, 0.6) is 0 Å². The van der Waals surface area contributed by atoms with Gasteiger partial charge in [0.15, 0.2) is 0 Å². The molecule has 0 heterocycles. The summed E-state index contributed by atoms with van der Waals surface area (Å²) in [5, 5.41) is 10.1. The van der Waals surface area contributed by atoms with E-state index in [2.05, 4.69) is 5.92 Å². The third-order valence-electron chi connectivity index (χ3n) is 1.75. The number of allylic oxidation sites excluding steroid dienone is 3. The van der Waals surface area contributed by atoms with E-state index in [0.29, 0.717) is 11.5 Å². The van der Waals surface area contributed by atoms with Crippen LogP contribution in [0.4, 0.5) is 0 Å². The smallest absolute Gasteiger partial charge is 0.0578 e. The van der Waals surface area contributed by atoms with Gasteiger partial charge in [0.05, 0.1) is 6.10 Å². The summed E-state index contributed by atoms with van der Waals surface area (Å²) in [5.41, 5.74) is 0.897. The molecular weight excluding hydrogens is 184 g/mol. The minimum absolute atomic E-state index is 0.342. The van der Waals surface area contributed by atoms with Gasteiger partial charge in [-0.15, -0.1) is 6.42 Å². The maximum absolute atomic E-state index is 9.40. The third-order valence-corrected chi connectivity index (χ3v) is 1.99. The van der Waals surface area contributed by atoms with Crippen molar-refractivity contribution in [3.63, 3.8) is 0 Å². The second-order valence-corrected chi connectivity index (χ2v) is 3.39. The van der Waals surface area contributed by atoms with Crippen LogP contribution in [-0.2, 0) is 0 Å². The van der Waals surface area contributed by atoms with Crippen LogP contribution in [0.25, 0.3) is 0 Å². The first kappa shape index (κ1) is 12.3. The molecule has 0 aromatic carbocycles. The van der Waals surface area contributed by atoms with Crippen LogP contribution < -0.4 is 0 Å². The number of aliphatic hydroxyl groups is 1. The lowest BCUT2D eigenvalue weighted by atomic mass is 10.1. The van der Waals surface area contributed by atoms with E-state index in [1.807, 2.05) is 6.92 Å². The quantitative estimate of drug-likeness (QED) is 0.544. The van der Waals surface area contributed by atoms with Crippen molar-refractivity contribution < 1.29 is 5.11 Å². The predicted molar refractivity (Wildman–Crippen MR) is 57.4 cm³/mol. The lowest BCUT2D eigenvalue weighted by Crippen LogP contribution is -2.05. The second-order valence-electron chi connectivity index (χ2n) is 2.82. The SMILES string of the molecule is C#CC=CC(CC(O)CC)=C(C)Cl. The van der Waals surface area contributed by atoms with Gasteiger partial charge in [-0.25, -0.2) is 0 Å². The topological polar surface area (TPSA) is 20.2 Å². The van der Waals surface area contributed by atoms with Gasteiger partial charge in [-0.1, -0.05) is 24.4 Å². The molecule has 0 spiro atoms. The summed E-state index contributed by atoms with van der Waals surface area (Å²) in [5.74, 6) is 2.39. The molecule has 0 aliphatic rings. The van der Waals surface area contributed by atoms with Crippen LogP contribution in [0.1, 0.15) is 26.7 Å². The molecule has 0 radical (unpaired) electrons. The number of terminal acetylenes is 1. The van der Waals surface area contributed by atoms with Crippen molar-refractivity contribution in [2.75, 3.05) is 0 Å². The highest BCUT2D eigenvalue weighted by Gasteiger charge is 2.04. The van der Waals surface area contributed by atoms with Crippen LogP contribution in [0.15, 0.2) is 22.8 Å². The Labute approximate surface area is 85.1 Å². The largest absolute Gasteiger partial charge is 0.393 e. The molecule has 0 fully saturated rings. The maximum atomic E-state index is 9.40. The van der Waals surface area contributed by atoms with Crippen molar-refractivity contribution in [2.45, 2.75) is 32.8 Å². The summed E-state index contributed by atoms with van der Waals surface area (Å²) in [6.07, 6.45) is 9.37. The van der Waals surface area contributed by atoms with Crippen molar-refractivity contribution in [1.82, 2.24) is 0 Å². The molecule has 72 valence electrons. The van der Waals surface area contributed by atoms with Gasteiger partial charge in [0.2, 0.25) is 0 Å². The van der Waals surface area contributed by atoms with E-state index < -0.39 is 0 Å². The molecule has 0 amide bonds. The van der Waals surface area contributed by atoms with Crippen LogP contribution in [0.3, 0.4) is 0 Å². The zero-order valence-corrected chi connectivity index (χ0v) is 8.80. The highest BCUT2D eigenvalue weighted by atomic mass is 35.5. The molecule has 0 saturated heterocycles. The van der Waals surface area contributed by atoms with Crippen molar-refractivity contribution in [1.29, 1.82) is 0 Å². The molecule has 0 saturated carbocycles. The average Bonchev–Trinajstić information content (AvgIpc) is 2.11. The molecule has 1 unspecified atom stereocenters.